The first-order valence-corrected chi connectivity index (χ1v) is 30.6. The molecule has 3 aliphatic heterocycles. The van der Waals surface area contributed by atoms with Crippen LogP contribution < -0.4 is 29.6 Å². The van der Waals surface area contributed by atoms with E-state index in [9.17, 15) is 49.3 Å². The van der Waals surface area contributed by atoms with E-state index in [1.807, 2.05) is 52.0 Å². The molecule has 1 aliphatic carbocycles. The number of rotatable bonds is 20. The summed E-state index contributed by atoms with van der Waals surface area (Å²) in [5.41, 5.74) is 2.61. The van der Waals surface area contributed by atoms with Gasteiger partial charge < -0.3 is 33.9 Å². The summed E-state index contributed by atoms with van der Waals surface area (Å²) in [5, 5.41) is 22.4. The number of carboxylic acids is 1. The first kappa shape index (κ1) is 57.1. The molecule has 4 aliphatic rings. The van der Waals surface area contributed by atoms with Crippen molar-refractivity contribution in [2.24, 2.45) is 0 Å². The van der Waals surface area contributed by atoms with Crippen LogP contribution in [0, 0.1) is 0 Å². The molecule has 2 amide bonds. The van der Waals surface area contributed by atoms with Gasteiger partial charge in [-0.3, -0.25) is 4.79 Å². The van der Waals surface area contributed by atoms with E-state index < -0.39 is 82.6 Å². The zero-order valence-electron chi connectivity index (χ0n) is 44.4. The van der Waals surface area contributed by atoms with Crippen LogP contribution in [0.25, 0.3) is 33.4 Å². The minimum Gasteiger partial charge on any atom is -0.744 e. The Labute approximate surface area is 463 Å². The molecule has 3 atom stereocenters. The van der Waals surface area contributed by atoms with Crippen LogP contribution in [0.3, 0.4) is 0 Å². The van der Waals surface area contributed by atoms with E-state index in [0.717, 1.165) is 34.3 Å². The van der Waals surface area contributed by atoms with Crippen molar-refractivity contribution in [3.63, 3.8) is 0 Å². The maximum absolute atomic E-state index is 14.2. The molecule has 0 saturated carbocycles. The molecule has 422 valence electrons. The van der Waals surface area contributed by atoms with Crippen molar-refractivity contribution in [2.75, 3.05) is 50.7 Å². The third-order valence-electron chi connectivity index (χ3n) is 14.6. The molecule has 22 nitrogen and oxygen atoms in total. The van der Waals surface area contributed by atoms with Gasteiger partial charge in [0, 0.05) is 79.0 Å². The molecular weight excluding hydrogens is 1090 g/mol. The quantitative estimate of drug-likeness (QED) is 0.0499. The van der Waals surface area contributed by atoms with Crippen molar-refractivity contribution in [3.05, 3.63) is 132 Å². The van der Waals surface area contributed by atoms with Gasteiger partial charge in [-0.15, -0.1) is 5.10 Å². The Hall–Kier alpha value is -7.55. The van der Waals surface area contributed by atoms with Gasteiger partial charge in [0.1, 0.15) is 52.4 Å². The predicted octanol–water partition coefficient (Wildman–Crippen LogP) is 5.25. The molecule has 5 aromatic rings. The Bertz CT molecular complexity index is 3840. The first-order chi connectivity index (χ1) is 38.2. The van der Waals surface area contributed by atoms with E-state index in [2.05, 4.69) is 29.8 Å². The number of carboxylic acid groups (broad SMARTS) is 1. The summed E-state index contributed by atoms with van der Waals surface area (Å²) in [6.07, 6.45) is 2.25. The lowest BCUT2D eigenvalue weighted by Crippen LogP contribution is -2.51. The molecule has 4 heterocycles. The van der Waals surface area contributed by atoms with Crippen LogP contribution in [-0.2, 0) is 52.7 Å². The summed E-state index contributed by atoms with van der Waals surface area (Å²) in [4.78, 5) is 41.5. The van der Waals surface area contributed by atoms with Gasteiger partial charge >= 0.3 is 12.1 Å². The fraction of sp³-hybridized carbons (Fsp3) is 0.345. The maximum Gasteiger partial charge on any atom is 0.415 e. The van der Waals surface area contributed by atoms with Crippen LogP contribution >= 0.6 is 0 Å². The van der Waals surface area contributed by atoms with E-state index in [4.69, 9.17) is 9.15 Å². The average Bonchev–Trinajstić information content (AvgIpc) is 4.27. The van der Waals surface area contributed by atoms with E-state index in [1.165, 1.54) is 59.4 Å². The molecular formula is C55H61N9O13S3. The van der Waals surface area contributed by atoms with E-state index >= 15 is 0 Å². The number of carbonyl (C=O) groups excluding carboxylic acids is 2. The minimum absolute atomic E-state index is 0.0346. The van der Waals surface area contributed by atoms with Crippen LogP contribution in [0.2, 0.25) is 0 Å². The first-order valence-electron chi connectivity index (χ1n) is 26.2. The minimum atomic E-state index is -5.34. The molecule has 0 spiro atoms. The van der Waals surface area contributed by atoms with Gasteiger partial charge in [0.25, 0.3) is 0 Å². The highest BCUT2D eigenvalue weighted by Crippen LogP contribution is 2.44. The standard InChI is InChI=1S/C55H61N9O13S3/c1-5-60(6-2)38-18-23-44-49(30-38)77-50-31-39(61(7-3)8-4)19-24-45(50)52(44)46-25-22-43(32-51(46)80(73,74)75)78(69,70)56-33-37-34-63(59-58-37)40-29-48(64(35-40)79(71,72)42-14-10-9-11-15-42)53(65)57-47(54(66)67)28-36-16-20-41(21-17-36)76-55(68)62-26-12-13-27-62/h9-11,14-25,30-32,34,40,47-48,56H,5-8,12-13,26-29,33,35H2,1-4H3,(H2-,57,65,66,67,73,74,75)/t40-,47+,48+/m1/s1. The summed E-state index contributed by atoms with van der Waals surface area (Å²) >= 11 is 0. The Balaban J connectivity index is 0.956. The summed E-state index contributed by atoms with van der Waals surface area (Å²) < 4.78 is 115. The van der Waals surface area contributed by atoms with Crippen LogP contribution in [0.5, 0.6) is 5.75 Å². The number of ether oxygens (including phenoxy) is 1. The number of nitrogens with zero attached hydrogens (tertiary/aromatic N) is 7. The van der Waals surface area contributed by atoms with Crippen molar-refractivity contribution >= 4 is 64.8 Å². The highest BCUT2D eigenvalue weighted by atomic mass is 32.2. The molecule has 0 bridgehead atoms. The molecule has 3 N–H and O–H groups in total. The average molecular weight is 1150 g/mol. The summed E-state index contributed by atoms with van der Waals surface area (Å²) in [5.74, 6) is -1.61. The van der Waals surface area contributed by atoms with Gasteiger partial charge in [-0.25, -0.2) is 48.8 Å². The van der Waals surface area contributed by atoms with Gasteiger partial charge in [0.15, 0.2) is 0 Å². The van der Waals surface area contributed by atoms with Crippen LogP contribution in [0.1, 0.15) is 64.3 Å². The second-order valence-corrected chi connectivity index (χ2v) is 24.4. The summed E-state index contributed by atoms with van der Waals surface area (Å²) in [6, 6.07) is 24.1. The van der Waals surface area contributed by atoms with Crippen LogP contribution in [-0.4, -0.2) is 135 Å². The molecule has 80 heavy (non-hydrogen) atoms. The number of hydrogen-bond acceptors (Lipinski definition) is 15. The molecule has 0 unspecified atom stereocenters. The smallest absolute Gasteiger partial charge is 0.415 e. The van der Waals surface area contributed by atoms with Gasteiger partial charge in [-0.2, -0.15) is 4.31 Å². The van der Waals surface area contributed by atoms with Crippen molar-refractivity contribution in [2.45, 2.75) is 92.7 Å². The van der Waals surface area contributed by atoms with Gasteiger partial charge in [-0.1, -0.05) is 41.6 Å². The van der Waals surface area contributed by atoms with E-state index in [-0.39, 0.29) is 41.3 Å². The number of benzene rings is 5. The molecule has 1 aromatic heterocycles. The van der Waals surface area contributed by atoms with Crippen molar-refractivity contribution in [3.8, 4) is 28.2 Å². The molecule has 2 saturated heterocycles. The number of nitrogens with one attached hydrogen (secondary N) is 2. The lowest BCUT2D eigenvalue weighted by Gasteiger charge is -2.25. The third kappa shape index (κ3) is 12.1. The third-order valence-corrected chi connectivity index (χ3v) is 18.7. The second kappa shape index (κ2) is 23.7. The molecule has 0 radical (unpaired) electrons. The van der Waals surface area contributed by atoms with E-state index in [1.54, 1.807) is 35.2 Å². The van der Waals surface area contributed by atoms with Gasteiger partial charge in [0.2, 0.25) is 31.3 Å². The topological polar surface area (TPSA) is 287 Å². The largest absolute Gasteiger partial charge is 0.744 e. The van der Waals surface area contributed by atoms with Crippen molar-refractivity contribution in [1.29, 1.82) is 0 Å². The van der Waals surface area contributed by atoms with E-state index in [0.29, 0.717) is 72.7 Å². The lowest BCUT2D eigenvalue weighted by molar-refractivity contribution is -0.142. The number of amides is 2. The zero-order valence-corrected chi connectivity index (χ0v) is 46.8. The SMILES string of the molecule is CCN(CC)c1ccc2c(-c3ccc(S(=O)(=O)NCc4cn([C@@H]5C[C@@H](C(=O)N[C@@H](Cc6ccc(OC(=O)N7CCCC7)cc6)C(=O)O)N(S(=O)(=O)c6ccccc6)C5)nn4)cc3S(=O)(=O)[O-])c3ccc(=[N+](CC)CC)cc-3oc2c1. The Morgan fingerprint density at radius 1 is 0.850 bits per heavy atom. The number of aromatic nitrogens is 3. The maximum atomic E-state index is 14.2. The molecule has 4 aromatic carbocycles. The Kier molecular flexibility index (Phi) is 16.9. The Morgan fingerprint density at radius 3 is 2.21 bits per heavy atom. The van der Waals surface area contributed by atoms with Gasteiger partial charge in [0.05, 0.1) is 45.2 Å². The summed E-state index contributed by atoms with van der Waals surface area (Å²) in [7, 11) is -14.3. The van der Waals surface area contributed by atoms with Crippen LogP contribution in [0.15, 0.2) is 134 Å². The normalized spacial score (nSPS) is 16.5. The fourth-order valence-electron chi connectivity index (χ4n) is 10.3. The zero-order chi connectivity index (χ0) is 57.1. The number of hydrogen-bond donors (Lipinski definition) is 3. The van der Waals surface area contributed by atoms with Gasteiger partial charge in [-0.05, 0) is 107 Å². The highest BCUT2D eigenvalue weighted by molar-refractivity contribution is 7.89. The number of sulfonamides is 2. The monoisotopic (exact) mass is 1150 g/mol. The molecule has 2 fully saturated rings. The number of likely N-dealkylation sites (tertiary alicyclic amines) is 1. The van der Waals surface area contributed by atoms with Crippen molar-refractivity contribution < 1.29 is 58.5 Å². The second-order valence-electron chi connectivity index (χ2n) is 19.4. The van der Waals surface area contributed by atoms with Crippen LogP contribution in [0.4, 0.5) is 10.5 Å². The molecule has 25 heteroatoms. The number of carbonyl (C=O) groups is 3. The lowest BCUT2D eigenvalue weighted by atomic mass is 9.93. The number of anilines is 1. The van der Waals surface area contributed by atoms with Crippen molar-refractivity contribution in [1.82, 2.24) is 38.8 Å². The number of aliphatic carboxylic acids is 1. The predicted molar refractivity (Wildman–Crippen MR) is 295 cm³/mol. The number of fused-ring (bicyclic) bond motifs is 2. The summed E-state index contributed by atoms with van der Waals surface area (Å²) in [6.45, 7) is 11.3. The molecule has 9 rings (SSSR count). The Morgan fingerprint density at radius 2 is 1.55 bits per heavy atom. The fourth-order valence-corrected chi connectivity index (χ4v) is 13.8. The highest BCUT2D eigenvalue weighted by Gasteiger charge is 2.46.